The maximum atomic E-state index is 12.3. The van der Waals surface area contributed by atoms with Gasteiger partial charge in [0.05, 0.1) is 0 Å². The Morgan fingerprint density at radius 3 is 2.21 bits per heavy atom. The van der Waals surface area contributed by atoms with Crippen molar-refractivity contribution in [1.29, 1.82) is 5.26 Å². The van der Waals surface area contributed by atoms with Gasteiger partial charge >= 0.3 is 5.69 Å². The third-order valence-electron chi connectivity index (χ3n) is 5.02. The summed E-state index contributed by atoms with van der Waals surface area (Å²) in [5.74, 6) is 2.33. The Kier molecular flexibility index (Phi) is 5.23. The maximum Gasteiger partial charge on any atom is 0.332 e. The number of nitriles is 1. The molecule has 2 aromatic heterocycles. The number of aromatic nitrogens is 4. The van der Waals surface area contributed by atoms with Crippen molar-refractivity contribution in [3.8, 4) is 6.07 Å². The molecule has 0 bridgehead atoms. The molecule has 0 saturated carbocycles. The minimum absolute atomic E-state index is 0.00183. The minimum Gasteiger partial charge on any atom is -0.353 e. The summed E-state index contributed by atoms with van der Waals surface area (Å²) in [5.41, 5.74) is -0.0691. The predicted molar refractivity (Wildman–Crippen MR) is 107 cm³/mol. The van der Waals surface area contributed by atoms with E-state index in [2.05, 4.69) is 28.7 Å². The summed E-state index contributed by atoms with van der Waals surface area (Å²) >= 11 is 0. The summed E-state index contributed by atoms with van der Waals surface area (Å²) in [7, 11) is 2.98. The van der Waals surface area contributed by atoms with Gasteiger partial charge in [-0.15, -0.1) is 0 Å². The van der Waals surface area contributed by atoms with Crippen molar-refractivity contribution in [3.05, 3.63) is 44.0 Å². The number of rotatable bonds is 3. The topological polar surface area (TPSA) is 100 Å². The second-order valence-corrected chi connectivity index (χ2v) is 7.37. The molecule has 0 atom stereocenters. The van der Waals surface area contributed by atoms with E-state index in [9.17, 15) is 14.9 Å². The Labute approximate surface area is 163 Å². The van der Waals surface area contributed by atoms with Gasteiger partial charge in [0, 0.05) is 58.0 Å². The quantitative estimate of drug-likeness (QED) is 0.761. The molecule has 0 aromatic carbocycles. The molecule has 1 aliphatic heterocycles. The molecule has 0 radical (unpaired) electrons. The van der Waals surface area contributed by atoms with Crippen molar-refractivity contribution in [1.82, 2.24) is 19.1 Å². The molecular weight excluding hydrogens is 358 g/mol. The van der Waals surface area contributed by atoms with Gasteiger partial charge in [0.1, 0.15) is 23.5 Å². The molecule has 0 unspecified atom stereocenters. The van der Waals surface area contributed by atoms with Crippen LogP contribution in [0.4, 0.5) is 11.6 Å². The number of anilines is 2. The summed E-state index contributed by atoms with van der Waals surface area (Å²) < 4.78 is 2.34. The third-order valence-corrected chi connectivity index (χ3v) is 5.02. The lowest BCUT2D eigenvalue weighted by molar-refractivity contribution is 0.603. The van der Waals surface area contributed by atoms with Gasteiger partial charge in [0.15, 0.2) is 5.56 Å². The van der Waals surface area contributed by atoms with Gasteiger partial charge in [-0.05, 0) is 6.92 Å². The Hall–Kier alpha value is -3.15. The fourth-order valence-electron chi connectivity index (χ4n) is 3.44. The smallest absolute Gasteiger partial charge is 0.332 e. The Morgan fingerprint density at radius 2 is 1.64 bits per heavy atom. The van der Waals surface area contributed by atoms with Crippen molar-refractivity contribution in [2.24, 2.45) is 14.1 Å². The predicted octanol–water partition coefficient (Wildman–Crippen LogP) is 0.504. The first-order valence-electron chi connectivity index (χ1n) is 9.30. The zero-order chi connectivity index (χ0) is 20.6. The lowest BCUT2D eigenvalue weighted by atomic mass is 10.2. The number of piperazine rings is 1. The summed E-state index contributed by atoms with van der Waals surface area (Å²) in [6.07, 6.45) is 0. The summed E-state index contributed by atoms with van der Waals surface area (Å²) in [5, 5.41) is 9.48. The average Bonchev–Trinajstić information content (AvgIpc) is 2.68. The minimum atomic E-state index is -0.559. The molecule has 0 amide bonds. The van der Waals surface area contributed by atoms with Crippen LogP contribution in [0.1, 0.15) is 36.8 Å². The van der Waals surface area contributed by atoms with Crippen molar-refractivity contribution >= 4 is 11.6 Å². The molecule has 0 aliphatic carbocycles. The molecule has 1 aliphatic rings. The largest absolute Gasteiger partial charge is 0.353 e. The van der Waals surface area contributed by atoms with Gasteiger partial charge in [-0.3, -0.25) is 13.9 Å². The van der Waals surface area contributed by atoms with E-state index in [1.165, 1.54) is 11.6 Å². The van der Waals surface area contributed by atoms with E-state index >= 15 is 0 Å². The van der Waals surface area contributed by atoms with Crippen LogP contribution >= 0.6 is 0 Å². The van der Waals surface area contributed by atoms with Gasteiger partial charge in [0.25, 0.3) is 5.56 Å². The number of hydrogen-bond acceptors (Lipinski definition) is 7. The number of aryl methyl sites for hydroxylation is 1. The molecule has 2 aromatic rings. The molecular formula is C19H25N7O2. The van der Waals surface area contributed by atoms with Crippen molar-refractivity contribution < 1.29 is 0 Å². The first kappa shape index (κ1) is 19.6. The summed E-state index contributed by atoms with van der Waals surface area (Å²) in [4.78, 5) is 37.9. The Balaban J connectivity index is 1.89. The van der Waals surface area contributed by atoms with E-state index in [0.717, 1.165) is 21.9 Å². The lowest BCUT2D eigenvalue weighted by Gasteiger charge is -2.37. The second-order valence-electron chi connectivity index (χ2n) is 7.37. The zero-order valence-corrected chi connectivity index (χ0v) is 16.9. The fourth-order valence-corrected chi connectivity index (χ4v) is 3.44. The number of nitrogens with zero attached hydrogens (tertiary/aromatic N) is 7. The van der Waals surface area contributed by atoms with Crippen LogP contribution in [0.5, 0.6) is 0 Å². The highest BCUT2D eigenvalue weighted by Gasteiger charge is 2.25. The fraction of sp³-hybridized carbons (Fsp3) is 0.526. The molecule has 1 saturated heterocycles. The van der Waals surface area contributed by atoms with Crippen LogP contribution in [0.25, 0.3) is 0 Å². The van der Waals surface area contributed by atoms with Crippen LogP contribution in [-0.2, 0) is 14.1 Å². The highest BCUT2D eigenvalue weighted by atomic mass is 16.2. The highest BCUT2D eigenvalue weighted by Crippen LogP contribution is 2.21. The maximum absolute atomic E-state index is 12.3. The van der Waals surface area contributed by atoms with E-state index in [1.54, 1.807) is 7.05 Å². The lowest BCUT2D eigenvalue weighted by Crippen LogP contribution is -2.50. The molecule has 9 nitrogen and oxygen atoms in total. The first-order valence-corrected chi connectivity index (χ1v) is 9.30. The average molecular weight is 383 g/mol. The van der Waals surface area contributed by atoms with Crippen LogP contribution in [-0.4, -0.2) is 45.3 Å². The Bertz CT molecular complexity index is 1050. The summed E-state index contributed by atoms with van der Waals surface area (Å²) in [6, 6.07) is 3.94. The molecule has 148 valence electrons. The van der Waals surface area contributed by atoms with E-state index < -0.39 is 11.2 Å². The zero-order valence-electron chi connectivity index (χ0n) is 16.9. The molecule has 3 rings (SSSR count). The van der Waals surface area contributed by atoms with Crippen LogP contribution in [0, 0.1) is 18.3 Å². The van der Waals surface area contributed by atoms with Crippen LogP contribution in [0.2, 0.25) is 0 Å². The molecule has 28 heavy (non-hydrogen) atoms. The monoisotopic (exact) mass is 383 g/mol. The first-order chi connectivity index (χ1) is 13.2. The van der Waals surface area contributed by atoms with Gasteiger partial charge in [-0.25, -0.2) is 14.8 Å². The molecule has 1 fully saturated rings. The SMILES string of the molecule is Cc1cc(N2CCN(c3c(C#N)c(=O)n(C)c(=O)n3C)CC2)nc(C(C)C)n1. The van der Waals surface area contributed by atoms with E-state index in [-0.39, 0.29) is 11.5 Å². The molecule has 0 N–H and O–H groups in total. The van der Waals surface area contributed by atoms with Gasteiger partial charge in [-0.1, -0.05) is 13.8 Å². The van der Waals surface area contributed by atoms with Gasteiger partial charge < -0.3 is 9.80 Å². The number of hydrogen-bond donors (Lipinski definition) is 0. The normalized spacial score (nSPS) is 14.5. The molecule has 0 spiro atoms. The van der Waals surface area contributed by atoms with Crippen LogP contribution in [0.15, 0.2) is 15.7 Å². The third kappa shape index (κ3) is 3.38. The van der Waals surface area contributed by atoms with Crippen LogP contribution in [0.3, 0.4) is 0 Å². The highest BCUT2D eigenvalue weighted by molar-refractivity contribution is 5.55. The van der Waals surface area contributed by atoms with Crippen LogP contribution < -0.4 is 21.0 Å². The molecule has 9 heteroatoms. The van der Waals surface area contributed by atoms with Crippen molar-refractivity contribution in [2.75, 3.05) is 36.0 Å². The van der Waals surface area contributed by atoms with Crippen molar-refractivity contribution in [2.45, 2.75) is 26.7 Å². The summed E-state index contributed by atoms with van der Waals surface area (Å²) in [6.45, 7) is 8.59. The van der Waals surface area contributed by atoms with Gasteiger partial charge in [-0.2, -0.15) is 5.26 Å². The van der Waals surface area contributed by atoms with E-state index in [4.69, 9.17) is 0 Å². The van der Waals surface area contributed by atoms with Crippen molar-refractivity contribution in [3.63, 3.8) is 0 Å². The standard InChI is InChI=1S/C19H25N7O2/c1-12(2)16-21-13(3)10-15(22-16)25-6-8-26(9-7-25)17-14(11-20)18(27)24(5)19(28)23(17)4/h10,12H,6-9H2,1-5H3. The second kappa shape index (κ2) is 7.46. The molecule has 3 heterocycles. The van der Waals surface area contributed by atoms with E-state index in [1.807, 2.05) is 24.0 Å². The van der Waals surface area contributed by atoms with E-state index in [0.29, 0.717) is 32.0 Å². The Morgan fingerprint density at radius 1 is 1.04 bits per heavy atom. The van der Waals surface area contributed by atoms with Gasteiger partial charge in [0.2, 0.25) is 0 Å².